The van der Waals surface area contributed by atoms with Crippen LogP contribution in [0.2, 0.25) is 0 Å². The van der Waals surface area contributed by atoms with E-state index in [1.165, 1.54) is 0 Å². The molecule has 112 valence electrons. The van der Waals surface area contributed by atoms with E-state index in [2.05, 4.69) is 16.0 Å². The summed E-state index contributed by atoms with van der Waals surface area (Å²) in [5.74, 6) is -0.354. The van der Waals surface area contributed by atoms with Gasteiger partial charge in [0, 0.05) is 38.6 Å². The molecule has 0 aliphatic heterocycles. The van der Waals surface area contributed by atoms with Crippen LogP contribution in [0.1, 0.15) is 26.7 Å². The Morgan fingerprint density at radius 1 is 1.11 bits per heavy atom. The van der Waals surface area contributed by atoms with Gasteiger partial charge in [0.05, 0.1) is 6.04 Å². The summed E-state index contributed by atoms with van der Waals surface area (Å²) >= 11 is 0. The predicted octanol–water partition coefficient (Wildman–Crippen LogP) is -1.72. The summed E-state index contributed by atoms with van der Waals surface area (Å²) in [5.41, 5.74) is 11.0. The molecule has 1 unspecified atom stereocenters. The fourth-order valence-corrected chi connectivity index (χ4v) is 1.40. The third kappa shape index (κ3) is 10.4. The van der Waals surface area contributed by atoms with Gasteiger partial charge in [-0.25, -0.2) is 0 Å². The van der Waals surface area contributed by atoms with Crippen molar-refractivity contribution in [3.63, 3.8) is 0 Å². The van der Waals surface area contributed by atoms with Gasteiger partial charge in [0.15, 0.2) is 0 Å². The fourth-order valence-electron chi connectivity index (χ4n) is 1.40. The highest BCUT2D eigenvalue weighted by atomic mass is 16.2. The summed E-state index contributed by atoms with van der Waals surface area (Å²) in [7, 11) is 0. The molecule has 0 aliphatic carbocycles. The van der Waals surface area contributed by atoms with Crippen LogP contribution in [0.3, 0.4) is 0 Å². The van der Waals surface area contributed by atoms with Crippen LogP contribution in [-0.4, -0.2) is 50.1 Å². The lowest BCUT2D eigenvalue weighted by Gasteiger charge is -2.13. The highest BCUT2D eigenvalue weighted by molar-refractivity contribution is 5.82. The summed E-state index contributed by atoms with van der Waals surface area (Å²) in [6.45, 7) is 6.15. The molecule has 7 N–H and O–H groups in total. The molecule has 0 saturated carbocycles. The van der Waals surface area contributed by atoms with Gasteiger partial charge in [-0.05, 0) is 6.42 Å². The van der Waals surface area contributed by atoms with Crippen molar-refractivity contribution in [1.82, 2.24) is 16.0 Å². The van der Waals surface area contributed by atoms with E-state index in [-0.39, 0.29) is 18.2 Å². The molecule has 0 saturated heterocycles. The van der Waals surface area contributed by atoms with E-state index in [9.17, 15) is 9.59 Å². The number of carbonyl (C=O) groups excluding carboxylic acids is 2. The Kier molecular flexibility index (Phi) is 10.1. The van der Waals surface area contributed by atoms with Gasteiger partial charge in [0.2, 0.25) is 11.8 Å². The van der Waals surface area contributed by atoms with Crippen molar-refractivity contribution in [1.29, 1.82) is 0 Å². The summed E-state index contributed by atoms with van der Waals surface area (Å²) in [5, 5.41) is 8.54. The van der Waals surface area contributed by atoms with Crippen LogP contribution >= 0.6 is 0 Å². The lowest BCUT2D eigenvalue weighted by molar-refractivity contribution is -0.123. The largest absolute Gasteiger partial charge is 0.355 e. The Labute approximate surface area is 114 Å². The summed E-state index contributed by atoms with van der Waals surface area (Å²) < 4.78 is 0. The van der Waals surface area contributed by atoms with E-state index in [0.717, 1.165) is 0 Å². The zero-order valence-electron chi connectivity index (χ0n) is 11.9. The normalized spacial score (nSPS) is 12.3. The van der Waals surface area contributed by atoms with Crippen LogP contribution in [0.4, 0.5) is 0 Å². The van der Waals surface area contributed by atoms with E-state index in [4.69, 9.17) is 11.5 Å². The first-order chi connectivity index (χ1) is 8.97. The number of hydrogen-bond acceptors (Lipinski definition) is 5. The van der Waals surface area contributed by atoms with Crippen LogP contribution in [0, 0.1) is 0 Å². The molecule has 0 heterocycles. The smallest absolute Gasteiger partial charge is 0.236 e. The monoisotopic (exact) mass is 273 g/mol. The molecule has 1 atom stereocenters. The van der Waals surface area contributed by atoms with Gasteiger partial charge < -0.3 is 27.4 Å². The van der Waals surface area contributed by atoms with E-state index in [0.29, 0.717) is 38.6 Å². The molecule has 0 aromatic heterocycles. The molecule has 0 rings (SSSR count). The lowest BCUT2D eigenvalue weighted by Crippen LogP contribution is -2.44. The number of hydrogen-bond donors (Lipinski definition) is 5. The minimum absolute atomic E-state index is 0.129. The van der Waals surface area contributed by atoms with Crippen molar-refractivity contribution in [2.45, 2.75) is 38.8 Å². The zero-order chi connectivity index (χ0) is 14.7. The molecule has 7 nitrogen and oxygen atoms in total. The molecule has 0 spiro atoms. The third-order valence-electron chi connectivity index (χ3n) is 2.46. The second-order valence-electron chi connectivity index (χ2n) is 4.68. The SMILES string of the molecule is CC(C)NCCNC(=O)C(N)CCC(=O)NCCN. The molecule has 19 heavy (non-hydrogen) atoms. The second-order valence-corrected chi connectivity index (χ2v) is 4.68. The molecule has 0 aliphatic rings. The number of nitrogens with two attached hydrogens (primary N) is 2. The molecular formula is C12H27N5O2. The molecule has 0 aromatic carbocycles. The Morgan fingerprint density at radius 3 is 2.37 bits per heavy atom. The fraction of sp³-hybridized carbons (Fsp3) is 0.833. The average Bonchev–Trinajstić information content (AvgIpc) is 2.37. The standard InChI is InChI=1S/C12H27N5O2/c1-9(2)15-7-8-17-12(19)10(14)3-4-11(18)16-6-5-13/h9-10,15H,3-8,13-14H2,1-2H3,(H,16,18)(H,17,19). The van der Waals surface area contributed by atoms with Crippen molar-refractivity contribution < 1.29 is 9.59 Å². The number of amides is 2. The van der Waals surface area contributed by atoms with Crippen LogP contribution < -0.4 is 27.4 Å². The van der Waals surface area contributed by atoms with Crippen LogP contribution in [-0.2, 0) is 9.59 Å². The predicted molar refractivity (Wildman–Crippen MR) is 75.4 cm³/mol. The maximum absolute atomic E-state index is 11.6. The van der Waals surface area contributed by atoms with Crippen molar-refractivity contribution in [2.75, 3.05) is 26.2 Å². The van der Waals surface area contributed by atoms with Gasteiger partial charge in [0.25, 0.3) is 0 Å². The zero-order valence-corrected chi connectivity index (χ0v) is 11.9. The topological polar surface area (TPSA) is 122 Å². The van der Waals surface area contributed by atoms with Gasteiger partial charge in [-0.2, -0.15) is 0 Å². The van der Waals surface area contributed by atoms with E-state index in [1.54, 1.807) is 0 Å². The number of rotatable bonds is 10. The first-order valence-corrected chi connectivity index (χ1v) is 6.70. The molecule has 7 heteroatoms. The van der Waals surface area contributed by atoms with Crippen molar-refractivity contribution in [3.05, 3.63) is 0 Å². The highest BCUT2D eigenvalue weighted by Gasteiger charge is 2.14. The lowest BCUT2D eigenvalue weighted by atomic mass is 10.1. The highest BCUT2D eigenvalue weighted by Crippen LogP contribution is 1.94. The number of carbonyl (C=O) groups is 2. The summed E-state index contributed by atoms with van der Waals surface area (Å²) in [6.07, 6.45) is 0.568. The summed E-state index contributed by atoms with van der Waals surface area (Å²) in [6, 6.07) is -0.264. The maximum Gasteiger partial charge on any atom is 0.236 e. The quantitative estimate of drug-likeness (QED) is 0.303. The third-order valence-corrected chi connectivity index (χ3v) is 2.46. The van der Waals surface area contributed by atoms with Crippen molar-refractivity contribution in [2.24, 2.45) is 11.5 Å². The van der Waals surface area contributed by atoms with Gasteiger partial charge in [-0.3, -0.25) is 9.59 Å². The maximum atomic E-state index is 11.6. The Balaban J connectivity index is 3.66. The average molecular weight is 273 g/mol. The molecule has 0 fully saturated rings. The Bertz CT molecular complexity index is 271. The van der Waals surface area contributed by atoms with Crippen LogP contribution in [0.25, 0.3) is 0 Å². The van der Waals surface area contributed by atoms with Gasteiger partial charge in [-0.1, -0.05) is 13.8 Å². The van der Waals surface area contributed by atoms with Crippen LogP contribution in [0.15, 0.2) is 0 Å². The van der Waals surface area contributed by atoms with Crippen molar-refractivity contribution >= 4 is 11.8 Å². The Hall–Kier alpha value is -1.18. The number of nitrogens with one attached hydrogen (secondary N) is 3. The van der Waals surface area contributed by atoms with Gasteiger partial charge in [0.1, 0.15) is 0 Å². The molecule has 0 bridgehead atoms. The first kappa shape index (κ1) is 17.8. The molecule has 2 amide bonds. The van der Waals surface area contributed by atoms with Gasteiger partial charge in [-0.15, -0.1) is 0 Å². The second kappa shape index (κ2) is 10.7. The van der Waals surface area contributed by atoms with Crippen molar-refractivity contribution in [3.8, 4) is 0 Å². The van der Waals surface area contributed by atoms with Gasteiger partial charge >= 0.3 is 0 Å². The minimum atomic E-state index is -0.650. The first-order valence-electron chi connectivity index (χ1n) is 6.70. The Morgan fingerprint density at radius 2 is 1.79 bits per heavy atom. The minimum Gasteiger partial charge on any atom is -0.355 e. The van der Waals surface area contributed by atoms with Crippen LogP contribution in [0.5, 0.6) is 0 Å². The van der Waals surface area contributed by atoms with E-state index >= 15 is 0 Å². The summed E-state index contributed by atoms with van der Waals surface area (Å²) in [4.78, 5) is 22.9. The van der Waals surface area contributed by atoms with E-state index in [1.807, 2.05) is 13.8 Å². The molecule has 0 radical (unpaired) electrons. The molecule has 0 aromatic rings. The molecular weight excluding hydrogens is 246 g/mol. The van der Waals surface area contributed by atoms with E-state index < -0.39 is 6.04 Å².